The summed E-state index contributed by atoms with van der Waals surface area (Å²) in [6.07, 6.45) is 2.24. The standard InChI is InChI=1S/C17H30N2O/c1-5-18-17(16-10-7-6-9-15(16)2)11-13-19(3)12-8-14-20-4/h6-7,9-10,17-18H,5,8,11-14H2,1-4H3. The molecule has 0 bridgehead atoms. The SMILES string of the molecule is CCNC(CCN(C)CCCOC)c1ccccc1C. The Bertz CT molecular complexity index is 368. The molecule has 0 aromatic heterocycles. The number of hydrogen-bond donors (Lipinski definition) is 1. The first-order chi connectivity index (χ1) is 9.69. The average molecular weight is 278 g/mol. The molecule has 0 heterocycles. The molecule has 20 heavy (non-hydrogen) atoms. The molecule has 1 aromatic carbocycles. The Balaban J connectivity index is 2.49. The van der Waals surface area contributed by atoms with Crippen molar-refractivity contribution < 1.29 is 4.74 Å². The van der Waals surface area contributed by atoms with Gasteiger partial charge in [0.15, 0.2) is 0 Å². The molecule has 1 atom stereocenters. The van der Waals surface area contributed by atoms with Gasteiger partial charge in [-0.25, -0.2) is 0 Å². The Morgan fingerprint density at radius 3 is 2.65 bits per heavy atom. The summed E-state index contributed by atoms with van der Waals surface area (Å²) in [7, 11) is 3.95. The highest BCUT2D eigenvalue weighted by molar-refractivity contribution is 5.28. The van der Waals surface area contributed by atoms with E-state index in [1.54, 1.807) is 7.11 Å². The summed E-state index contributed by atoms with van der Waals surface area (Å²) in [5.74, 6) is 0. The molecule has 0 aliphatic carbocycles. The zero-order valence-electron chi connectivity index (χ0n) is 13.5. The van der Waals surface area contributed by atoms with Crippen molar-refractivity contribution in [3.63, 3.8) is 0 Å². The Hall–Kier alpha value is -0.900. The van der Waals surface area contributed by atoms with E-state index >= 15 is 0 Å². The zero-order chi connectivity index (χ0) is 14.8. The van der Waals surface area contributed by atoms with E-state index < -0.39 is 0 Å². The highest BCUT2D eigenvalue weighted by Gasteiger charge is 2.13. The molecule has 3 heteroatoms. The van der Waals surface area contributed by atoms with Gasteiger partial charge in [-0.05, 0) is 51.0 Å². The van der Waals surface area contributed by atoms with Gasteiger partial charge in [-0.2, -0.15) is 0 Å². The minimum atomic E-state index is 0.450. The fourth-order valence-electron chi connectivity index (χ4n) is 2.53. The molecule has 0 fully saturated rings. The molecule has 0 saturated carbocycles. The van der Waals surface area contributed by atoms with Gasteiger partial charge < -0.3 is 15.0 Å². The van der Waals surface area contributed by atoms with E-state index in [2.05, 4.69) is 55.4 Å². The lowest BCUT2D eigenvalue weighted by atomic mass is 9.98. The molecule has 0 aliphatic rings. The van der Waals surface area contributed by atoms with E-state index in [0.717, 1.165) is 39.1 Å². The average Bonchev–Trinajstić information content (AvgIpc) is 2.44. The van der Waals surface area contributed by atoms with Crippen molar-refractivity contribution in [3.05, 3.63) is 35.4 Å². The molecule has 114 valence electrons. The highest BCUT2D eigenvalue weighted by Crippen LogP contribution is 2.20. The molecule has 1 rings (SSSR count). The first-order valence-electron chi connectivity index (χ1n) is 7.65. The van der Waals surface area contributed by atoms with E-state index in [9.17, 15) is 0 Å². The van der Waals surface area contributed by atoms with Crippen LogP contribution in [0.2, 0.25) is 0 Å². The lowest BCUT2D eigenvalue weighted by Crippen LogP contribution is -2.28. The van der Waals surface area contributed by atoms with Gasteiger partial charge in [0.2, 0.25) is 0 Å². The van der Waals surface area contributed by atoms with Crippen LogP contribution in [0.5, 0.6) is 0 Å². The molecular formula is C17H30N2O. The number of methoxy groups -OCH3 is 1. The third kappa shape index (κ3) is 6.04. The molecule has 0 saturated heterocycles. The topological polar surface area (TPSA) is 24.5 Å². The lowest BCUT2D eigenvalue weighted by molar-refractivity contribution is 0.178. The Kier molecular flexibility index (Phi) is 8.51. The molecule has 3 nitrogen and oxygen atoms in total. The maximum Gasteiger partial charge on any atom is 0.0474 e. The summed E-state index contributed by atoms with van der Waals surface area (Å²) in [6, 6.07) is 9.13. The number of nitrogens with zero attached hydrogens (tertiary/aromatic N) is 1. The molecule has 0 amide bonds. The minimum Gasteiger partial charge on any atom is -0.385 e. The van der Waals surface area contributed by atoms with Gasteiger partial charge in [0.05, 0.1) is 0 Å². The van der Waals surface area contributed by atoms with Crippen LogP contribution < -0.4 is 5.32 Å². The Morgan fingerprint density at radius 1 is 1.25 bits per heavy atom. The van der Waals surface area contributed by atoms with E-state index in [4.69, 9.17) is 4.74 Å². The molecular weight excluding hydrogens is 248 g/mol. The normalized spacial score (nSPS) is 12.8. The van der Waals surface area contributed by atoms with Crippen molar-refractivity contribution in [2.45, 2.75) is 32.7 Å². The van der Waals surface area contributed by atoms with Crippen LogP contribution in [0.25, 0.3) is 0 Å². The first kappa shape index (κ1) is 17.2. The van der Waals surface area contributed by atoms with Gasteiger partial charge in [-0.15, -0.1) is 0 Å². The molecule has 0 aliphatic heterocycles. The number of rotatable bonds is 10. The van der Waals surface area contributed by atoms with Gasteiger partial charge in [-0.1, -0.05) is 31.2 Å². The smallest absolute Gasteiger partial charge is 0.0474 e. The molecule has 0 radical (unpaired) electrons. The van der Waals surface area contributed by atoms with E-state index in [1.807, 2.05) is 0 Å². The largest absolute Gasteiger partial charge is 0.385 e. The molecule has 1 unspecified atom stereocenters. The maximum absolute atomic E-state index is 5.10. The predicted molar refractivity (Wildman–Crippen MR) is 86.2 cm³/mol. The third-order valence-electron chi connectivity index (χ3n) is 3.70. The summed E-state index contributed by atoms with van der Waals surface area (Å²) >= 11 is 0. The fraction of sp³-hybridized carbons (Fsp3) is 0.647. The number of nitrogens with one attached hydrogen (secondary N) is 1. The van der Waals surface area contributed by atoms with Crippen LogP contribution in [0.4, 0.5) is 0 Å². The number of ether oxygens (including phenoxy) is 1. The summed E-state index contributed by atoms with van der Waals surface area (Å²) in [4.78, 5) is 2.39. The van der Waals surface area contributed by atoms with E-state index in [0.29, 0.717) is 6.04 Å². The van der Waals surface area contributed by atoms with Crippen LogP contribution in [0.1, 0.15) is 36.9 Å². The van der Waals surface area contributed by atoms with Crippen molar-refractivity contribution in [2.75, 3.05) is 40.4 Å². The summed E-state index contributed by atoms with van der Waals surface area (Å²) in [6.45, 7) is 8.43. The van der Waals surface area contributed by atoms with Crippen LogP contribution in [-0.4, -0.2) is 45.3 Å². The van der Waals surface area contributed by atoms with Crippen LogP contribution in [0.15, 0.2) is 24.3 Å². The summed E-state index contributed by atoms with van der Waals surface area (Å²) in [5.41, 5.74) is 2.81. The van der Waals surface area contributed by atoms with Gasteiger partial charge >= 0.3 is 0 Å². The fourth-order valence-corrected chi connectivity index (χ4v) is 2.53. The minimum absolute atomic E-state index is 0.450. The van der Waals surface area contributed by atoms with Gasteiger partial charge in [-0.3, -0.25) is 0 Å². The first-order valence-corrected chi connectivity index (χ1v) is 7.65. The Morgan fingerprint density at radius 2 is 2.00 bits per heavy atom. The van der Waals surface area contributed by atoms with Crippen LogP contribution in [0, 0.1) is 6.92 Å². The van der Waals surface area contributed by atoms with Crippen molar-refractivity contribution in [3.8, 4) is 0 Å². The van der Waals surface area contributed by atoms with Crippen LogP contribution in [0.3, 0.4) is 0 Å². The number of benzene rings is 1. The molecule has 1 aromatic rings. The van der Waals surface area contributed by atoms with Crippen molar-refractivity contribution in [2.24, 2.45) is 0 Å². The van der Waals surface area contributed by atoms with Gasteiger partial charge in [0.1, 0.15) is 0 Å². The van der Waals surface area contributed by atoms with Crippen molar-refractivity contribution in [1.29, 1.82) is 0 Å². The number of hydrogen-bond acceptors (Lipinski definition) is 3. The van der Waals surface area contributed by atoms with Crippen LogP contribution >= 0.6 is 0 Å². The predicted octanol–water partition coefficient (Wildman–Crippen LogP) is 3.00. The van der Waals surface area contributed by atoms with Gasteiger partial charge in [0, 0.05) is 26.3 Å². The van der Waals surface area contributed by atoms with E-state index in [1.165, 1.54) is 11.1 Å². The number of aryl methyl sites for hydroxylation is 1. The maximum atomic E-state index is 5.10. The summed E-state index contributed by atoms with van der Waals surface area (Å²) < 4.78 is 5.10. The van der Waals surface area contributed by atoms with Gasteiger partial charge in [0.25, 0.3) is 0 Å². The van der Waals surface area contributed by atoms with Crippen molar-refractivity contribution in [1.82, 2.24) is 10.2 Å². The second-order valence-corrected chi connectivity index (χ2v) is 5.41. The quantitative estimate of drug-likeness (QED) is 0.666. The second-order valence-electron chi connectivity index (χ2n) is 5.41. The molecule has 1 N–H and O–H groups in total. The monoisotopic (exact) mass is 278 g/mol. The summed E-state index contributed by atoms with van der Waals surface area (Å²) in [5, 5.41) is 3.61. The second kappa shape index (κ2) is 9.92. The van der Waals surface area contributed by atoms with Crippen molar-refractivity contribution >= 4 is 0 Å². The zero-order valence-corrected chi connectivity index (χ0v) is 13.5. The third-order valence-corrected chi connectivity index (χ3v) is 3.70. The molecule has 0 spiro atoms. The Labute approximate surface area is 124 Å². The van der Waals surface area contributed by atoms with Crippen LogP contribution in [-0.2, 0) is 4.74 Å². The highest BCUT2D eigenvalue weighted by atomic mass is 16.5. The van der Waals surface area contributed by atoms with E-state index in [-0.39, 0.29) is 0 Å². The lowest BCUT2D eigenvalue weighted by Gasteiger charge is -2.24.